The fraction of sp³-hybridized carbons (Fsp3) is 0.700. The maximum atomic E-state index is 9.60. The minimum absolute atomic E-state index is 0.0973. The fourth-order valence-electron chi connectivity index (χ4n) is 0.500. The summed E-state index contributed by atoms with van der Waals surface area (Å²) in [5, 5.41) is 16.6. The summed E-state index contributed by atoms with van der Waals surface area (Å²) in [6, 6.07) is 0. The summed E-state index contributed by atoms with van der Waals surface area (Å²) < 4.78 is 0. The first-order valence-corrected chi connectivity index (χ1v) is 4.48. The molecule has 1 atom stereocenters. The van der Waals surface area contributed by atoms with Gasteiger partial charge in [-0.3, -0.25) is 0 Å². The van der Waals surface area contributed by atoms with Crippen LogP contribution in [0.5, 0.6) is 0 Å². The second-order valence-corrected chi connectivity index (χ2v) is 3.08. The molecule has 3 nitrogen and oxygen atoms in total. The van der Waals surface area contributed by atoms with Gasteiger partial charge in [0.1, 0.15) is 0 Å². The van der Waals surface area contributed by atoms with E-state index in [9.17, 15) is 4.79 Å². The fourth-order valence-corrected chi connectivity index (χ4v) is 0.500. The van der Waals surface area contributed by atoms with Crippen molar-refractivity contribution >= 4 is 5.97 Å². The number of carboxylic acid groups (broad SMARTS) is 1. The average molecular weight is 188 g/mol. The van der Waals surface area contributed by atoms with Crippen LogP contribution in [0, 0.1) is 0 Å². The van der Waals surface area contributed by atoms with E-state index in [-0.39, 0.29) is 11.7 Å². The lowest BCUT2D eigenvalue weighted by atomic mass is 10.2. The Labute approximate surface area is 80.1 Å². The molecule has 0 radical (unpaired) electrons. The van der Waals surface area contributed by atoms with Gasteiger partial charge in [0.05, 0.1) is 6.10 Å². The summed E-state index contributed by atoms with van der Waals surface area (Å²) in [7, 11) is 0. The highest BCUT2D eigenvalue weighted by atomic mass is 16.4. The maximum absolute atomic E-state index is 9.60. The number of carbonyl (C=O) groups is 1. The lowest BCUT2D eigenvalue weighted by molar-refractivity contribution is -0.132. The Morgan fingerprint density at radius 3 is 2.00 bits per heavy atom. The number of unbranched alkanes of at least 4 members (excludes halogenated alkanes) is 1. The molecule has 0 amide bonds. The summed E-state index contributed by atoms with van der Waals surface area (Å²) in [6.45, 7) is 8.56. The van der Waals surface area contributed by atoms with Crippen molar-refractivity contribution in [1.29, 1.82) is 0 Å². The Morgan fingerprint density at radius 1 is 1.54 bits per heavy atom. The molecule has 0 aliphatic carbocycles. The molecule has 0 spiro atoms. The largest absolute Gasteiger partial charge is 0.478 e. The number of aliphatic hydroxyl groups is 1. The molecule has 0 bridgehead atoms. The van der Waals surface area contributed by atoms with E-state index in [1.807, 2.05) is 6.92 Å². The SMILES string of the molecule is C=C(C)C(=O)O.CCCCC(C)O. The van der Waals surface area contributed by atoms with Gasteiger partial charge in [0.25, 0.3) is 0 Å². The molecule has 0 aliphatic rings. The molecule has 0 aliphatic heterocycles. The molecule has 0 rings (SSSR count). The molecular formula is C10H20O3. The summed E-state index contributed by atoms with van der Waals surface area (Å²) in [5.41, 5.74) is 0.176. The van der Waals surface area contributed by atoms with E-state index in [2.05, 4.69) is 13.5 Å². The van der Waals surface area contributed by atoms with E-state index in [0.29, 0.717) is 0 Å². The van der Waals surface area contributed by atoms with Gasteiger partial charge in [-0.05, 0) is 20.3 Å². The normalized spacial score (nSPS) is 11.1. The zero-order valence-electron chi connectivity index (χ0n) is 8.71. The van der Waals surface area contributed by atoms with Gasteiger partial charge in [0.15, 0.2) is 0 Å². The lowest BCUT2D eigenvalue weighted by Gasteiger charge is -1.98. The van der Waals surface area contributed by atoms with Crippen LogP contribution in [-0.4, -0.2) is 22.3 Å². The molecule has 0 saturated carbocycles. The average Bonchev–Trinajstić information content (AvgIpc) is 2.01. The maximum Gasteiger partial charge on any atom is 0.330 e. The Kier molecular flexibility index (Phi) is 10.5. The Bertz CT molecular complexity index is 138. The minimum atomic E-state index is -0.935. The van der Waals surface area contributed by atoms with E-state index < -0.39 is 5.97 Å². The monoisotopic (exact) mass is 188 g/mol. The number of hydrogen-bond donors (Lipinski definition) is 2. The smallest absolute Gasteiger partial charge is 0.330 e. The van der Waals surface area contributed by atoms with Gasteiger partial charge in [0, 0.05) is 5.57 Å². The molecule has 13 heavy (non-hydrogen) atoms. The predicted octanol–water partition coefficient (Wildman–Crippen LogP) is 2.20. The number of hydrogen-bond acceptors (Lipinski definition) is 2. The van der Waals surface area contributed by atoms with E-state index in [4.69, 9.17) is 10.2 Å². The van der Waals surface area contributed by atoms with Crippen LogP contribution in [0.15, 0.2) is 12.2 Å². The van der Waals surface area contributed by atoms with Crippen LogP contribution in [-0.2, 0) is 4.79 Å². The van der Waals surface area contributed by atoms with Crippen molar-refractivity contribution in [2.45, 2.75) is 46.1 Å². The molecule has 0 heterocycles. The summed E-state index contributed by atoms with van der Waals surface area (Å²) in [4.78, 5) is 9.60. The van der Waals surface area contributed by atoms with Gasteiger partial charge in [0.2, 0.25) is 0 Å². The Balaban J connectivity index is 0. The third kappa shape index (κ3) is 18.3. The number of rotatable bonds is 4. The molecule has 78 valence electrons. The van der Waals surface area contributed by atoms with Crippen LogP contribution in [0.3, 0.4) is 0 Å². The third-order valence-electron chi connectivity index (χ3n) is 1.34. The van der Waals surface area contributed by atoms with E-state index in [0.717, 1.165) is 12.8 Å². The van der Waals surface area contributed by atoms with Crippen LogP contribution in [0.4, 0.5) is 0 Å². The predicted molar refractivity (Wildman–Crippen MR) is 53.7 cm³/mol. The van der Waals surface area contributed by atoms with Gasteiger partial charge in [-0.1, -0.05) is 26.3 Å². The van der Waals surface area contributed by atoms with Crippen molar-refractivity contribution in [2.75, 3.05) is 0 Å². The van der Waals surface area contributed by atoms with Gasteiger partial charge in [-0.15, -0.1) is 0 Å². The highest BCUT2D eigenvalue weighted by Crippen LogP contribution is 1.97. The van der Waals surface area contributed by atoms with Crippen molar-refractivity contribution in [2.24, 2.45) is 0 Å². The minimum Gasteiger partial charge on any atom is -0.478 e. The number of carboxylic acids is 1. The van der Waals surface area contributed by atoms with Crippen LogP contribution < -0.4 is 0 Å². The second-order valence-electron chi connectivity index (χ2n) is 3.08. The molecule has 0 aromatic carbocycles. The first-order chi connectivity index (χ1) is 5.91. The molecule has 0 saturated heterocycles. The third-order valence-corrected chi connectivity index (χ3v) is 1.34. The molecule has 1 unspecified atom stereocenters. The zero-order valence-corrected chi connectivity index (χ0v) is 8.71. The van der Waals surface area contributed by atoms with Crippen LogP contribution in [0.1, 0.15) is 40.0 Å². The highest BCUT2D eigenvalue weighted by Gasteiger charge is 1.90. The summed E-state index contributed by atoms with van der Waals surface area (Å²) in [5.74, 6) is -0.935. The molecule has 3 heteroatoms. The number of aliphatic hydroxyl groups excluding tert-OH is 1. The van der Waals surface area contributed by atoms with E-state index >= 15 is 0 Å². The first kappa shape index (κ1) is 14.7. The highest BCUT2D eigenvalue weighted by molar-refractivity contribution is 5.84. The van der Waals surface area contributed by atoms with E-state index in [1.165, 1.54) is 13.3 Å². The molecule has 0 aromatic rings. The van der Waals surface area contributed by atoms with Crippen molar-refractivity contribution in [1.82, 2.24) is 0 Å². The Hall–Kier alpha value is -0.830. The van der Waals surface area contributed by atoms with Gasteiger partial charge in [-0.25, -0.2) is 4.79 Å². The van der Waals surface area contributed by atoms with E-state index in [1.54, 1.807) is 0 Å². The lowest BCUT2D eigenvalue weighted by Crippen LogP contribution is -1.97. The zero-order chi connectivity index (χ0) is 10.9. The van der Waals surface area contributed by atoms with Gasteiger partial charge >= 0.3 is 5.97 Å². The van der Waals surface area contributed by atoms with Crippen LogP contribution in [0.2, 0.25) is 0 Å². The molecular weight excluding hydrogens is 168 g/mol. The van der Waals surface area contributed by atoms with Gasteiger partial charge in [-0.2, -0.15) is 0 Å². The van der Waals surface area contributed by atoms with Crippen molar-refractivity contribution in [3.63, 3.8) is 0 Å². The van der Waals surface area contributed by atoms with Crippen molar-refractivity contribution in [3.8, 4) is 0 Å². The second kappa shape index (κ2) is 9.26. The van der Waals surface area contributed by atoms with Crippen molar-refractivity contribution < 1.29 is 15.0 Å². The number of aliphatic carboxylic acids is 1. The van der Waals surface area contributed by atoms with Gasteiger partial charge < -0.3 is 10.2 Å². The quantitative estimate of drug-likeness (QED) is 0.665. The molecule has 0 fully saturated rings. The topological polar surface area (TPSA) is 57.5 Å². The summed E-state index contributed by atoms with van der Waals surface area (Å²) >= 11 is 0. The first-order valence-electron chi connectivity index (χ1n) is 4.48. The molecule has 2 N–H and O–H groups in total. The Morgan fingerprint density at radius 2 is 1.92 bits per heavy atom. The molecule has 0 aromatic heterocycles. The van der Waals surface area contributed by atoms with Crippen LogP contribution in [0.25, 0.3) is 0 Å². The van der Waals surface area contributed by atoms with Crippen LogP contribution >= 0.6 is 0 Å². The standard InChI is InChI=1S/C6H14O.C4H6O2/c1-3-4-5-6(2)7;1-3(2)4(5)6/h6-7H,3-5H2,1-2H3;1H2,2H3,(H,5,6). The summed E-state index contributed by atoms with van der Waals surface area (Å²) in [6.07, 6.45) is 3.19. The van der Waals surface area contributed by atoms with Crippen molar-refractivity contribution in [3.05, 3.63) is 12.2 Å².